The van der Waals surface area contributed by atoms with Crippen LogP contribution in [0.5, 0.6) is 5.75 Å². The molecule has 1 saturated heterocycles. The predicted molar refractivity (Wildman–Crippen MR) is 130 cm³/mol. The number of phenolic OH excluding ortho intramolecular Hbond substituents is 1. The lowest BCUT2D eigenvalue weighted by atomic mass is 9.97. The SMILES string of the molecule is COCCOC(=O)NC[C@@H]1CCCN(c2nc(-c3ccccc3O)nc3cc(C)ccc23)C1.[HH]. The molecule has 1 amide bonds. The number of carbonyl (C=O) groups excluding carboxylic acids is 1. The number of nitrogens with zero attached hydrogens (tertiary/aromatic N) is 3. The maximum absolute atomic E-state index is 11.9. The van der Waals surface area contributed by atoms with E-state index in [1.807, 2.05) is 25.1 Å². The van der Waals surface area contributed by atoms with Gasteiger partial charge in [-0.1, -0.05) is 18.2 Å². The van der Waals surface area contributed by atoms with E-state index in [1.54, 1.807) is 19.2 Å². The van der Waals surface area contributed by atoms with Crippen LogP contribution in [0.25, 0.3) is 22.3 Å². The van der Waals surface area contributed by atoms with Gasteiger partial charge in [0.2, 0.25) is 0 Å². The summed E-state index contributed by atoms with van der Waals surface area (Å²) in [5.74, 6) is 1.79. The number of methoxy groups -OCH3 is 1. The third-order valence-corrected chi connectivity index (χ3v) is 5.85. The molecule has 176 valence electrons. The van der Waals surface area contributed by atoms with Crippen LogP contribution in [-0.4, -0.2) is 61.1 Å². The fourth-order valence-corrected chi connectivity index (χ4v) is 4.17. The zero-order chi connectivity index (χ0) is 23.2. The zero-order valence-electron chi connectivity index (χ0n) is 19.1. The summed E-state index contributed by atoms with van der Waals surface area (Å²) in [5.41, 5.74) is 2.57. The van der Waals surface area contributed by atoms with Crippen molar-refractivity contribution >= 4 is 22.8 Å². The average Bonchev–Trinajstić information content (AvgIpc) is 2.82. The average molecular weight is 453 g/mol. The number of fused-ring (bicyclic) bond motifs is 1. The number of amides is 1. The van der Waals surface area contributed by atoms with Gasteiger partial charge in [-0.25, -0.2) is 14.8 Å². The first-order valence-electron chi connectivity index (χ1n) is 11.3. The molecule has 0 bridgehead atoms. The lowest BCUT2D eigenvalue weighted by molar-refractivity contribution is 0.0976. The number of para-hydroxylation sites is 1. The van der Waals surface area contributed by atoms with Crippen LogP contribution >= 0.6 is 0 Å². The Morgan fingerprint density at radius 3 is 2.91 bits per heavy atom. The number of piperidine rings is 1. The Kier molecular flexibility index (Phi) is 7.24. The molecule has 3 aromatic rings. The second-order valence-corrected chi connectivity index (χ2v) is 8.37. The fraction of sp³-hybridized carbons (Fsp3) is 0.400. The highest BCUT2D eigenvalue weighted by Crippen LogP contribution is 2.33. The zero-order valence-corrected chi connectivity index (χ0v) is 19.1. The number of aryl methyl sites for hydroxylation is 1. The first-order valence-corrected chi connectivity index (χ1v) is 11.3. The van der Waals surface area contributed by atoms with Gasteiger partial charge in [0.25, 0.3) is 0 Å². The van der Waals surface area contributed by atoms with E-state index in [-0.39, 0.29) is 19.7 Å². The monoisotopic (exact) mass is 452 g/mol. The Hall–Kier alpha value is -3.39. The quantitative estimate of drug-likeness (QED) is 0.520. The molecule has 2 N–H and O–H groups in total. The van der Waals surface area contributed by atoms with Crippen molar-refractivity contribution in [3.05, 3.63) is 48.0 Å². The summed E-state index contributed by atoms with van der Waals surface area (Å²) in [4.78, 5) is 23.8. The van der Waals surface area contributed by atoms with E-state index in [9.17, 15) is 9.90 Å². The van der Waals surface area contributed by atoms with E-state index in [4.69, 9.17) is 19.4 Å². The number of rotatable bonds is 7. The van der Waals surface area contributed by atoms with E-state index < -0.39 is 6.09 Å². The molecule has 0 aliphatic carbocycles. The van der Waals surface area contributed by atoms with Crippen molar-refractivity contribution in [3.63, 3.8) is 0 Å². The molecule has 1 aliphatic heterocycles. The van der Waals surface area contributed by atoms with Crippen LogP contribution in [-0.2, 0) is 9.47 Å². The molecule has 4 rings (SSSR count). The van der Waals surface area contributed by atoms with E-state index in [1.165, 1.54) is 0 Å². The third-order valence-electron chi connectivity index (χ3n) is 5.85. The van der Waals surface area contributed by atoms with Crippen molar-refractivity contribution < 1.29 is 20.8 Å². The summed E-state index contributed by atoms with van der Waals surface area (Å²) < 4.78 is 10.00. The smallest absolute Gasteiger partial charge is 0.407 e. The number of benzene rings is 2. The maximum Gasteiger partial charge on any atom is 0.407 e. The Labute approximate surface area is 195 Å². The highest BCUT2D eigenvalue weighted by Gasteiger charge is 2.24. The number of aromatic hydroxyl groups is 1. The molecule has 1 atom stereocenters. The fourth-order valence-electron chi connectivity index (χ4n) is 4.17. The van der Waals surface area contributed by atoms with Gasteiger partial charge in [-0.05, 0) is 55.5 Å². The van der Waals surface area contributed by atoms with Gasteiger partial charge in [0.05, 0.1) is 17.7 Å². The molecule has 1 fully saturated rings. The standard InChI is InChI=1S/C25H30N4O4.H2/c1-17-9-10-19-21(14-17)27-23(20-7-3-4-8-22(20)30)28-24(19)29-11-5-6-18(16-29)15-26-25(31)33-13-12-32-2;/h3-4,7-10,14,18,30H,5-6,11-13,15-16H2,1-2H3,(H,26,31);1H/t18-;/m0./s1. The number of anilines is 1. The van der Waals surface area contributed by atoms with Gasteiger partial charge in [-0.2, -0.15) is 0 Å². The van der Waals surface area contributed by atoms with Crippen LogP contribution in [0.1, 0.15) is 19.8 Å². The van der Waals surface area contributed by atoms with E-state index in [0.29, 0.717) is 24.5 Å². The number of hydrogen-bond donors (Lipinski definition) is 2. The second-order valence-electron chi connectivity index (χ2n) is 8.37. The lowest BCUT2D eigenvalue weighted by Gasteiger charge is -2.34. The van der Waals surface area contributed by atoms with Gasteiger partial charge in [0, 0.05) is 33.6 Å². The molecule has 0 unspecified atom stereocenters. The maximum atomic E-state index is 11.9. The van der Waals surface area contributed by atoms with E-state index >= 15 is 0 Å². The molecule has 1 aromatic heterocycles. The largest absolute Gasteiger partial charge is 0.507 e. The molecule has 0 spiro atoms. The van der Waals surface area contributed by atoms with Gasteiger partial charge in [-0.15, -0.1) is 0 Å². The minimum Gasteiger partial charge on any atom is -0.507 e. The Morgan fingerprint density at radius 1 is 1.24 bits per heavy atom. The summed E-state index contributed by atoms with van der Waals surface area (Å²) in [6, 6.07) is 13.3. The number of alkyl carbamates (subject to hydrolysis) is 1. The number of ether oxygens (including phenoxy) is 2. The number of phenols is 1. The highest BCUT2D eigenvalue weighted by atomic mass is 16.6. The second kappa shape index (κ2) is 10.5. The molecule has 8 heteroatoms. The summed E-state index contributed by atoms with van der Waals surface area (Å²) in [5, 5.41) is 14.2. The lowest BCUT2D eigenvalue weighted by Crippen LogP contribution is -2.41. The number of aromatic nitrogens is 2. The van der Waals surface area contributed by atoms with Crippen molar-refractivity contribution in [3.8, 4) is 17.1 Å². The van der Waals surface area contributed by atoms with Crippen LogP contribution < -0.4 is 10.2 Å². The Morgan fingerprint density at radius 2 is 2.09 bits per heavy atom. The van der Waals surface area contributed by atoms with Crippen molar-refractivity contribution in [1.82, 2.24) is 15.3 Å². The van der Waals surface area contributed by atoms with Crippen molar-refractivity contribution in [2.24, 2.45) is 5.92 Å². The van der Waals surface area contributed by atoms with Crippen LogP contribution in [0.3, 0.4) is 0 Å². The van der Waals surface area contributed by atoms with Gasteiger partial charge >= 0.3 is 6.09 Å². The Bertz CT molecular complexity index is 1130. The molecule has 0 saturated carbocycles. The highest BCUT2D eigenvalue weighted by molar-refractivity contribution is 5.92. The molecule has 33 heavy (non-hydrogen) atoms. The third kappa shape index (κ3) is 5.51. The van der Waals surface area contributed by atoms with Gasteiger partial charge in [0.15, 0.2) is 5.82 Å². The molecular weight excluding hydrogens is 420 g/mol. The summed E-state index contributed by atoms with van der Waals surface area (Å²) >= 11 is 0. The predicted octanol–water partition coefficient (Wildman–Crippen LogP) is 4.15. The normalized spacial score (nSPS) is 16.1. The van der Waals surface area contributed by atoms with Gasteiger partial charge in [-0.3, -0.25) is 0 Å². The number of carbonyl (C=O) groups is 1. The van der Waals surface area contributed by atoms with Crippen LogP contribution in [0, 0.1) is 12.8 Å². The van der Waals surface area contributed by atoms with Gasteiger partial charge in [0.1, 0.15) is 18.2 Å². The van der Waals surface area contributed by atoms with E-state index in [2.05, 4.69) is 22.3 Å². The number of nitrogens with one attached hydrogen (secondary N) is 1. The van der Waals surface area contributed by atoms with Gasteiger partial charge < -0.3 is 24.8 Å². The minimum absolute atomic E-state index is 0. The van der Waals surface area contributed by atoms with Crippen LogP contribution in [0.4, 0.5) is 10.6 Å². The molecule has 8 nitrogen and oxygen atoms in total. The molecule has 2 heterocycles. The minimum atomic E-state index is -0.422. The van der Waals surface area contributed by atoms with Crippen molar-refractivity contribution in [2.75, 3.05) is 44.9 Å². The molecule has 2 aromatic carbocycles. The Balaban J connectivity index is 0.00000324. The molecule has 1 aliphatic rings. The van der Waals surface area contributed by atoms with Crippen LogP contribution in [0.15, 0.2) is 42.5 Å². The summed E-state index contributed by atoms with van der Waals surface area (Å²) in [6.07, 6.45) is 1.59. The van der Waals surface area contributed by atoms with E-state index in [0.717, 1.165) is 48.2 Å². The summed E-state index contributed by atoms with van der Waals surface area (Å²) in [7, 11) is 1.57. The summed E-state index contributed by atoms with van der Waals surface area (Å²) in [6.45, 7) is 4.82. The first kappa shape index (κ1) is 22.8. The molecular formula is C25H32N4O4. The first-order chi connectivity index (χ1) is 16.0. The number of hydrogen-bond acceptors (Lipinski definition) is 7. The topological polar surface area (TPSA) is 96.8 Å². The van der Waals surface area contributed by atoms with Crippen LogP contribution in [0.2, 0.25) is 0 Å². The van der Waals surface area contributed by atoms with Crippen molar-refractivity contribution in [2.45, 2.75) is 19.8 Å². The van der Waals surface area contributed by atoms with Crippen molar-refractivity contribution in [1.29, 1.82) is 0 Å². The molecule has 0 radical (unpaired) electrons.